The van der Waals surface area contributed by atoms with Crippen molar-refractivity contribution in [2.24, 2.45) is 0 Å². The number of rotatable bonds is 5. The Balaban J connectivity index is 2.89. The van der Waals surface area contributed by atoms with Gasteiger partial charge in [0.1, 0.15) is 11.6 Å². The zero-order valence-electron chi connectivity index (χ0n) is 12.5. The molecule has 1 aromatic carbocycles. The minimum Gasteiger partial charge on any atom is -0.378 e. The van der Waals surface area contributed by atoms with Crippen LogP contribution in [-0.2, 0) is 4.79 Å². The Morgan fingerprint density at radius 1 is 1.40 bits per heavy atom. The summed E-state index contributed by atoms with van der Waals surface area (Å²) in [5.41, 5.74) is 2.04. The summed E-state index contributed by atoms with van der Waals surface area (Å²) in [5.74, 6) is -0.321. The summed E-state index contributed by atoms with van der Waals surface area (Å²) < 4.78 is 0. The molecule has 4 heteroatoms. The van der Waals surface area contributed by atoms with Crippen molar-refractivity contribution < 1.29 is 4.79 Å². The fraction of sp³-hybridized carbons (Fsp3) is 0.375. The van der Waals surface area contributed by atoms with E-state index in [2.05, 4.69) is 5.32 Å². The highest BCUT2D eigenvalue weighted by Gasteiger charge is 2.11. The molecule has 0 aliphatic rings. The van der Waals surface area contributed by atoms with Crippen LogP contribution in [0.4, 0.5) is 5.69 Å². The number of hydrogen-bond donors (Lipinski definition) is 1. The maximum absolute atomic E-state index is 11.9. The van der Waals surface area contributed by atoms with E-state index in [4.69, 9.17) is 5.26 Å². The molecule has 0 spiro atoms. The van der Waals surface area contributed by atoms with Crippen LogP contribution in [0.1, 0.15) is 25.8 Å². The molecule has 0 saturated heterocycles. The van der Waals surface area contributed by atoms with Gasteiger partial charge in [0, 0.05) is 25.8 Å². The highest BCUT2D eigenvalue weighted by molar-refractivity contribution is 6.01. The van der Waals surface area contributed by atoms with Crippen LogP contribution in [-0.4, -0.2) is 26.0 Å². The number of anilines is 1. The molecule has 1 rings (SSSR count). The molecule has 1 aromatic rings. The second-order valence-electron chi connectivity index (χ2n) is 4.94. The number of carbonyl (C=O) groups excluding carboxylic acids is 1. The van der Waals surface area contributed by atoms with Gasteiger partial charge in [-0.25, -0.2) is 0 Å². The van der Waals surface area contributed by atoms with Crippen LogP contribution in [0.5, 0.6) is 0 Å². The predicted octanol–water partition coefficient (Wildman–Crippen LogP) is 2.57. The summed E-state index contributed by atoms with van der Waals surface area (Å²) in [7, 11) is 3.93. The van der Waals surface area contributed by atoms with Gasteiger partial charge in [0.25, 0.3) is 5.91 Å². The molecule has 0 aliphatic carbocycles. The average Bonchev–Trinajstić information content (AvgIpc) is 2.44. The zero-order valence-corrected chi connectivity index (χ0v) is 12.5. The van der Waals surface area contributed by atoms with Crippen LogP contribution in [0.15, 0.2) is 29.8 Å². The van der Waals surface area contributed by atoms with E-state index in [0.29, 0.717) is 0 Å². The first-order valence-corrected chi connectivity index (χ1v) is 6.68. The van der Waals surface area contributed by atoms with Gasteiger partial charge in [0.15, 0.2) is 0 Å². The van der Waals surface area contributed by atoms with Crippen LogP contribution < -0.4 is 10.2 Å². The van der Waals surface area contributed by atoms with Crippen LogP contribution in [0.3, 0.4) is 0 Å². The second kappa shape index (κ2) is 7.34. The SMILES string of the molecule is CC[C@H](C)NC(=O)/C(C#N)=C/c1ccc(N(C)C)cc1. The maximum Gasteiger partial charge on any atom is 0.262 e. The predicted molar refractivity (Wildman–Crippen MR) is 82.3 cm³/mol. The first-order valence-electron chi connectivity index (χ1n) is 6.68. The fourth-order valence-corrected chi connectivity index (χ4v) is 1.59. The molecule has 0 saturated carbocycles. The van der Waals surface area contributed by atoms with Gasteiger partial charge in [-0.15, -0.1) is 0 Å². The largest absolute Gasteiger partial charge is 0.378 e. The smallest absolute Gasteiger partial charge is 0.262 e. The summed E-state index contributed by atoms with van der Waals surface area (Å²) >= 11 is 0. The topological polar surface area (TPSA) is 56.1 Å². The molecule has 0 radical (unpaired) electrons. The van der Waals surface area contributed by atoms with Crippen molar-refractivity contribution in [2.45, 2.75) is 26.3 Å². The summed E-state index contributed by atoms with van der Waals surface area (Å²) in [4.78, 5) is 13.9. The molecule has 0 heterocycles. The lowest BCUT2D eigenvalue weighted by molar-refractivity contribution is -0.117. The first kappa shape index (κ1) is 15.8. The molecule has 0 bridgehead atoms. The van der Waals surface area contributed by atoms with Crippen molar-refractivity contribution in [3.05, 3.63) is 35.4 Å². The van der Waals surface area contributed by atoms with Crippen molar-refractivity contribution >= 4 is 17.7 Å². The van der Waals surface area contributed by atoms with Crippen molar-refractivity contribution in [3.63, 3.8) is 0 Å². The summed E-state index contributed by atoms with van der Waals surface area (Å²) in [6.07, 6.45) is 2.44. The lowest BCUT2D eigenvalue weighted by atomic mass is 10.1. The number of amides is 1. The van der Waals surface area contributed by atoms with Gasteiger partial charge in [-0.1, -0.05) is 19.1 Å². The van der Waals surface area contributed by atoms with Gasteiger partial charge in [-0.3, -0.25) is 4.79 Å². The van der Waals surface area contributed by atoms with E-state index < -0.39 is 0 Å². The van der Waals surface area contributed by atoms with E-state index in [1.807, 2.05) is 63.2 Å². The Morgan fingerprint density at radius 2 is 2.00 bits per heavy atom. The van der Waals surface area contributed by atoms with E-state index >= 15 is 0 Å². The first-order chi connectivity index (χ1) is 9.47. The molecule has 0 aromatic heterocycles. The van der Waals surface area contributed by atoms with Crippen molar-refractivity contribution in [3.8, 4) is 6.07 Å². The zero-order chi connectivity index (χ0) is 15.1. The van der Waals surface area contributed by atoms with E-state index in [-0.39, 0.29) is 17.5 Å². The van der Waals surface area contributed by atoms with Crippen LogP contribution in [0.2, 0.25) is 0 Å². The maximum atomic E-state index is 11.9. The number of nitriles is 1. The summed E-state index contributed by atoms with van der Waals surface area (Å²) in [5, 5.41) is 11.9. The van der Waals surface area contributed by atoms with Gasteiger partial charge in [0.05, 0.1) is 0 Å². The molecule has 106 valence electrons. The number of nitrogens with one attached hydrogen (secondary N) is 1. The van der Waals surface area contributed by atoms with Crippen molar-refractivity contribution in [2.75, 3.05) is 19.0 Å². The Hall–Kier alpha value is -2.28. The number of hydrogen-bond acceptors (Lipinski definition) is 3. The lowest BCUT2D eigenvalue weighted by Gasteiger charge is -2.12. The van der Waals surface area contributed by atoms with Gasteiger partial charge < -0.3 is 10.2 Å². The minimum absolute atomic E-state index is 0.0652. The van der Waals surface area contributed by atoms with Crippen molar-refractivity contribution in [1.29, 1.82) is 5.26 Å². The van der Waals surface area contributed by atoms with Crippen molar-refractivity contribution in [1.82, 2.24) is 5.32 Å². The molecule has 0 aliphatic heterocycles. The summed E-state index contributed by atoms with van der Waals surface area (Å²) in [6, 6.07) is 9.71. The second-order valence-corrected chi connectivity index (χ2v) is 4.94. The lowest BCUT2D eigenvalue weighted by Crippen LogP contribution is -2.32. The molecule has 1 amide bonds. The third-order valence-corrected chi connectivity index (χ3v) is 3.08. The quantitative estimate of drug-likeness (QED) is 0.661. The molecule has 4 nitrogen and oxygen atoms in total. The standard InChI is InChI=1S/C16H21N3O/c1-5-12(2)18-16(20)14(11-17)10-13-6-8-15(9-7-13)19(3)4/h6-10,12H,5H2,1-4H3,(H,18,20)/b14-10+/t12-/m0/s1. The molecule has 20 heavy (non-hydrogen) atoms. The number of benzene rings is 1. The monoisotopic (exact) mass is 271 g/mol. The molecule has 1 N–H and O–H groups in total. The normalized spacial score (nSPS) is 12.4. The molecular formula is C16H21N3O. The number of nitrogens with zero attached hydrogens (tertiary/aromatic N) is 2. The Bertz CT molecular complexity index is 524. The number of carbonyl (C=O) groups is 1. The molecular weight excluding hydrogens is 250 g/mol. The summed E-state index contributed by atoms with van der Waals surface area (Å²) in [6.45, 7) is 3.90. The molecule has 1 atom stereocenters. The average molecular weight is 271 g/mol. The van der Waals surface area contributed by atoms with Gasteiger partial charge in [0.2, 0.25) is 0 Å². The Kier molecular flexibility index (Phi) is 5.79. The van der Waals surface area contributed by atoms with E-state index in [1.165, 1.54) is 0 Å². The van der Waals surface area contributed by atoms with E-state index in [1.54, 1.807) is 6.08 Å². The van der Waals surface area contributed by atoms with Gasteiger partial charge in [-0.2, -0.15) is 5.26 Å². The van der Waals surface area contributed by atoms with E-state index in [0.717, 1.165) is 17.7 Å². The van der Waals surface area contributed by atoms with Gasteiger partial charge in [-0.05, 0) is 37.1 Å². The highest BCUT2D eigenvalue weighted by Crippen LogP contribution is 2.14. The van der Waals surface area contributed by atoms with Crippen LogP contribution in [0.25, 0.3) is 6.08 Å². The van der Waals surface area contributed by atoms with Crippen LogP contribution in [0, 0.1) is 11.3 Å². The van der Waals surface area contributed by atoms with E-state index in [9.17, 15) is 4.79 Å². The fourth-order valence-electron chi connectivity index (χ4n) is 1.59. The third-order valence-electron chi connectivity index (χ3n) is 3.08. The Labute approximate surface area is 120 Å². The highest BCUT2D eigenvalue weighted by atomic mass is 16.1. The molecule has 0 fully saturated rings. The third kappa shape index (κ3) is 4.43. The molecule has 0 unspecified atom stereocenters. The van der Waals surface area contributed by atoms with Crippen LogP contribution >= 0.6 is 0 Å². The minimum atomic E-state index is -0.321. The Morgan fingerprint density at radius 3 is 2.45 bits per heavy atom. The van der Waals surface area contributed by atoms with Gasteiger partial charge >= 0.3 is 0 Å².